The Balaban J connectivity index is 0.000000271. The van der Waals surface area contributed by atoms with Gasteiger partial charge in [0.05, 0.1) is 0 Å². The van der Waals surface area contributed by atoms with Gasteiger partial charge in [0, 0.05) is 61.4 Å². The third-order valence-electron chi connectivity index (χ3n) is 5.80. The Bertz CT molecular complexity index is 480. The lowest BCUT2D eigenvalue weighted by Crippen LogP contribution is -2.59. The first-order valence-electron chi connectivity index (χ1n) is 10.3. The molecule has 0 radical (unpaired) electrons. The minimum absolute atomic E-state index is 0.212. The maximum Gasteiger partial charge on any atom is 0.179 e. The number of rotatable bonds is 0. The van der Waals surface area contributed by atoms with Crippen LogP contribution in [-0.2, 0) is 0 Å². The molecule has 1 N–H and O–H groups in total. The first-order chi connectivity index (χ1) is 12.2. The standard InChI is InChI=1S/C11H21N3.C10H22N2O/c1-9-6-13(11(3,4)5)7-10(2)14(9)8-12;1-8-6-11(10(3,4)5)7-9(2)12(8)13/h9-10H,6-7H2,1-5H3;8-9,13H,6-7H2,1-5H3/t9-,10+;8-,9+. The predicted molar refractivity (Wildman–Crippen MR) is 112 cm³/mol. The largest absolute Gasteiger partial charge is 0.313 e. The highest BCUT2D eigenvalue weighted by molar-refractivity contribution is 4.95. The van der Waals surface area contributed by atoms with E-state index in [9.17, 15) is 5.21 Å². The van der Waals surface area contributed by atoms with E-state index in [1.54, 1.807) is 0 Å². The second-order valence-corrected chi connectivity index (χ2v) is 10.4. The van der Waals surface area contributed by atoms with E-state index in [0.717, 1.165) is 26.2 Å². The van der Waals surface area contributed by atoms with Crippen molar-refractivity contribution in [1.82, 2.24) is 19.8 Å². The van der Waals surface area contributed by atoms with E-state index < -0.39 is 0 Å². The van der Waals surface area contributed by atoms with Gasteiger partial charge in [-0.2, -0.15) is 10.3 Å². The van der Waals surface area contributed by atoms with E-state index in [1.807, 2.05) is 4.90 Å². The summed E-state index contributed by atoms with van der Waals surface area (Å²) in [6.07, 6.45) is 2.28. The van der Waals surface area contributed by atoms with Crippen molar-refractivity contribution in [3.63, 3.8) is 0 Å². The zero-order valence-corrected chi connectivity index (χ0v) is 19.3. The molecule has 2 fully saturated rings. The maximum absolute atomic E-state index is 9.64. The summed E-state index contributed by atoms with van der Waals surface area (Å²) in [6, 6.07) is 1.15. The second-order valence-electron chi connectivity index (χ2n) is 10.4. The van der Waals surface area contributed by atoms with Gasteiger partial charge in [-0.15, -0.1) is 0 Å². The first-order valence-corrected chi connectivity index (χ1v) is 10.3. The molecule has 6 heteroatoms. The molecule has 2 heterocycles. The van der Waals surface area contributed by atoms with Crippen molar-refractivity contribution in [2.24, 2.45) is 0 Å². The van der Waals surface area contributed by atoms with E-state index in [2.05, 4.69) is 85.2 Å². The van der Waals surface area contributed by atoms with E-state index in [4.69, 9.17) is 5.26 Å². The number of hydrogen-bond acceptors (Lipinski definition) is 6. The van der Waals surface area contributed by atoms with Gasteiger partial charge >= 0.3 is 0 Å². The van der Waals surface area contributed by atoms with Gasteiger partial charge in [0.25, 0.3) is 0 Å². The fraction of sp³-hybridized carbons (Fsp3) is 0.952. The van der Waals surface area contributed by atoms with Gasteiger partial charge in [0.2, 0.25) is 0 Å². The molecule has 0 aromatic carbocycles. The Hall–Kier alpha value is -0.870. The van der Waals surface area contributed by atoms with Crippen molar-refractivity contribution in [1.29, 1.82) is 5.26 Å². The lowest BCUT2D eigenvalue weighted by molar-refractivity contribution is -0.189. The molecule has 2 saturated heterocycles. The van der Waals surface area contributed by atoms with E-state index in [1.165, 1.54) is 5.06 Å². The summed E-state index contributed by atoms with van der Waals surface area (Å²) >= 11 is 0. The fourth-order valence-electron chi connectivity index (χ4n) is 3.93. The fourth-order valence-corrected chi connectivity index (χ4v) is 3.93. The molecule has 6 nitrogen and oxygen atoms in total. The topological polar surface area (TPSA) is 57.0 Å². The average molecular weight is 382 g/mol. The molecule has 0 aliphatic carbocycles. The zero-order chi connectivity index (χ0) is 21.2. The molecule has 0 unspecified atom stereocenters. The highest BCUT2D eigenvalue weighted by atomic mass is 16.5. The van der Waals surface area contributed by atoms with Gasteiger partial charge in [-0.25, -0.2) is 0 Å². The Morgan fingerprint density at radius 1 is 0.704 bits per heavy atom. The molecule has 158 valence electrons. The monoisotopic (exact) mass is 381 g/mol. The molecule has 2 aliphatic heterocycles. The number of nitrogens with zero attached hydrogens (tertiary/aromatic N) is 5. The maximum atomic E-state index is 9.64. The van der Waals surface area contributed by atoms with Crippen molar-refractivity contribution >= 4 is 0 Å². The minimum atomic E-state index is 0.212. The summed E-state index contributed by atoms with van der Waals surface area (Å²) in [5.74, 6) is 0. The van der Waals surface area contributed by atoms with Gasteiger partial charge in [0.1, 0.15) is 0 Å². The normalized spacial score (nSPS) is 31.9. The van der Waals surface area contributed by atoms with E-state index >= 15 is 0 Å². The Kier molecular flexibility index (Phi) is 8.13. The third kappa shape index (κ3) is 6.60. The van der Waals surface area contributed by atoms with Crippen LogP contribution in [0.3, 0.4) is 0 Å². The summed E-state index contributed by atoms with van der Waals surface area (Å²) in [5.41, 5.74) is 0.424. The SMILES string of the molecule is C[C@@H]1CN(C(C)(C)C)C[C@H](C)N1C#N.C[C@@H]1CN(C(C)(C)C)C[C@H](C)N1O. The minimum Gasteiger partial charge on any atom is -0.313 e. The number of nitriles is 1. The molecular weight excluding hydrogens is 338 g/mol. The van der Waals surface area contributed by atoms with Crippen molar-refractivity contribution in [3.8, 4) is 6.19 Å². The van der Waals surface area contributed by atoms with Crippen LogP contribution in [-0.4, -0.2) is 86.4 Å². The van der Waals surface area contributed by atoms with Crippen LogP contribution in [0.15, 0.2) is 0 Å². The third-order valence-corrected chi connectivity index (χ3v) is 5.80. The molecular formula is C21H43N5O. The molecule has 0 saturated carbocycles. The summed E-state index contributed by atoms with van der Waals surface area (Å²) in [6.45, 7) is 25.6. The van der Waals surface area contributed by atoms with Gasteiger partial charge in [-0.05, 0) is 69.2 Å². The van der Waals surface area contributed by atoms with Gasteiger partial charge < -0.3 is 10.1 Å². The molecule has 0 aromatic rings. The van der Waals surface area contributed by atoms with Gasteiger partial charge in [0.15, 0.2) is 6.19 Å². The van der Waals surface area contributed by atoms with Crippen molar-refractivity contribution in [2.75, 3.05) is 26.2 Å². The van der Waals surface area contributed by atoms with Crippen LogP contribution in [0.25, 0.3) is 0 Å². The smallest absolute Gasteiger partial charge is 0.179 e. The van der Waals surface area contributed by atoms with Crippen LogP contribution in [0, 0.1) is 11.5 Å². The second kappa shape index (κ2) is 9.09. The first kappa shape index (κ1) is 24.2. The molecule has 2 rings (SSSR count). The van der Waals surface area contributed by atoms with Crippen LogP contribution in [0.4, 0.5) is 0 Å². The van der Waals surface area contributed by atoms with Crippen LogP contribution >= 0.6 is 0 Å². The van der Waals surface area contributed by atoms with Crippen molar-refractivity contribution < 1.29 is 5.21 Å². The molecule has 2 aliphatic rings. The van der Waals surface area contributed by atoms with Crippen LogP contribution in [0.2, 0.25) is 0 Å². The summed E-state index contributed by atoms with van der Waals surface area (Å²) in [5, 5.41) is 20.1. The molecule has 0 amide bonds. The van der Waals surface area contributed by atoms with Crippen molar-refractivity contribution in [2.45, 2.75) is 104 Å². The summed E-state index contributed by atoms with van der Waals surface area (Å²) in [4.78, 5) is 6.79. The summed E-state index contributed by atoms with van der Waals surface area (Å²) in [7, 11) is 0. The van der Waals surface area contributed by atoms with Crippen LogP contribution in [0.5, 0.6) is 0 Å². The number of hydroxylamine groups is 2. The predicted octanol–water partition coefficient (Wildman–Crippen LogP) is 3.23. The number of piperazine rings is 2. The molecule has 0 aromatic heterocycles. The average Bonchev–Trinajstić information content (AvgIpc) is 2.50. The number of hydrogen-bond donors (Lipinski definition) is 1. The van der Waals surface area contributed by atoms with Crippen LogP contribution in [0.1, 0.15) is 69.2 Å². The highest BCUT2D eigenvalue weighted by Gasteiger charge is 2.34. The summed E-state index contributed by atoms with van der Waals surface area (Å²) < 4.78 is 0. The molecule has 4 atom stereocenters. The van der Waals surface area contributed by atoms with Crippen LogP contribution < -0.4 is 0 Å². The van der Waals surface area contributed by atoms with Crippen molar-refractivity contribution in [3.05, 3.63) is 0 Å². The van der Waals surface area contributed by atoms with E-state index in [-0.39, 0.29) is 23.2 Å². The molecule has 0 spiro atoms. The molecule has 0 bridgehead atoms. The molecule has 27 heavy (non-hydrogen) atoms. The lowest BCUT2D eigenvalue weighted by atomic mass is 10.00. The Labute approximate surface area is 167 Å². The Morgan fingerprint density at radius 3 is 1.26 bits per heavy atom. The quantitative estimate of drug-likeness (QED) is 0.650. The van der Waals surface area contributed by atoms with Gasteiger partial charge in [-0.3, -0.25) is 9.80 Å². The van der Waals surface area contributed by atoms with E-state index in [0.29, 0.717) is 12.1 Å². The lowest BCUT2D eigenvalue weighted by Gasteiger charge is -2.47. The zero-order valence-electron chi connectivity index (χ0n) is 19.3. The highest BCUT2D eigenvalue weighted by Crippen LogP contribution is 2.22. The Morgan fingerprint density at radius 2 is 1.00 bits per heavy atom. The van der Waals surface area contributed by atoms with Gasteiger partial charge in [-0.1, -0.05) is 0 Å².